The van der Waals surface area contributed by atoms with Crippen LogP contribution in [0.1, 0.15) is 0 Å². The van der Waals surface area contributed by atoms with E-state index in [0.29, 0.717) is 6.98 Å². The number of halogens is 1. The van der Waals surface area contributed by atoms with Gasteiger partial charge in [-0.25, -0.2) is 0 Å². The van der Waals surface area contributed by atoms with Gasteiger partial charge in [-0.1, -0.05) is 20.5 Å². The summed E-state index contributed by atoms with van der Waals surface area (Å²) in [6.07, 6.45) is 0. The van der Waals surface area contributed by atoms with Crippen molar-refractivity contribution >= 4 is 20.9 Å². The lowest BCUT2D eigenvalue weighted by atomic mass is 9.47. The fraction of sp³-hybridized carbons (Fsp3) is 1.00. The Hall–Kier alpha value is 0.00481. The van der Waals surface area contributed by atoms with Crippen LogP contribution in [-0.4, -0.2) is 49.4 Å². The average Bonchev–Trinajstić information content (AvgIpc) is 2.08. The predicted molar refractivity (Wildman–Crippen MR) is 53.3 cm³/mol. The van der Waals surface area contributed by atoms with Crippen LogP contribution in [0.5, 0.6) is 0 Å². The quantitative estimate of drug-likeness (QED) is 0.383. The molecular formula is C5H15B3FN3. The molecule has 1 aliphatic heterocycles. The minimum absolute atomic E-state index is 0.133. The molecule has 0 N–H and O–H groups in total. The highest BCUT2D eigenvalue weighted by atomic mass is 19.2. The molecule has 0 saturated carbocycles. The Balaban J connectivity index is 2.76. The highest BCUT2D eigenvalue weighted by molar-refractivity contribution is 6.84. The Labute approximate surface area is 75.2 Å². The fourth-order valence-corrected chi connectivity index (χ4v) is 1.57. The van der Waals surface area contributed by atoms with Crippen LogP contribution in [0.2, 0.25) is 20.5 Å². The van der Waals surface area contributed by atoms with E-state index in [4.69, 9.17) is 0 Å². The van der Waals surface area contributed by atoms with Crippen molar-refractivity contribution in [3.63, 3.8) is 0 Å². The molecule has 66 valence electrons. The molecule has 0 aromatic carbocycles. The van der Waals surface area contributed by atoms with E-state index in [9.17, 15) is 4.48 Å². The van der Waals surface area contributed by atoms with E-state index in [1.165, 1.54) is 0 Å². The molecule has 0 aliphatic carbocycles. The highest BCUT2D eigenvalue weighted by Gasteiger charge is 2.43. The average molecular weight is 169 g/mol. The maximum absolute atomic E-state index is 13.4. The van der Waals surface area contributed by atoms with Gasteiger partial charge >= 0.3 is 14.0 Å². The molecule has 3 nitrogen and oxygen atoms in total. The third-order valence-electron chi connectivity index (χ3n) is 3.07. The van der Waals surface area contributed by atoms with E-state index in [0.717, 1.165) is 4.94 Å². The molecule has 0 amide bonds. The van der Waals surface area contributed by atoms with Gasteiger partial charge in [0, 0.05) is 0 Å². The minimum atomic E-state index is -0.133. The van der Waals surface area contributed by atoms with Gasteiger partial charge in [0.2, 0.25) is 0 Å². The first kappa shape index (κ1) is 10.1. The molecule has 0 aromatic heterocycles. The normalized spacial score (nSPS) is 24.0. The van der Waals surface area contributed by atoms with E-state index in [2.05, 4.69) is 6.82 Å². The van der Waals surface area contributed by atoms with Crippen molar-refractivity contribution in [1.29, 1.82) is 0 Å². The van der Waals surface area contributed by atoms with Gasteiger partial charge in [0.05, 0.1) is 0 Å². The molecule has 0 spiro atoms. The lowest BCUT2D eigenvalue weighted by Gasteiger charge is -2.44. The fourth-order valence-electron chi connectivity index (χ4n) is 1.57. The topological polar surface area (TPSA) is 9.72 Å². The van der Waals surface area contributed by atoms with Gasteiger partial charge in [0.1, 0.15) is 0 Å². The van der Waals surface area contributed by atoms with Crippen LogP contribution in [0.15, 0.2) is 0 Å². The Morgan fingerprint density at radius 3 is 1.50 bits per heavy atom. The molecular weight excluding hydrogens is 154 g/mol. The van der Waals surface area contributed by atoms with Crippen LogP contribution in [0.3, 0.4) is 0 Å². The van der Waals surface area contributed by atoms with Gasteiger partial charge in [-0.2, -0.15) is 9.43 Å². The van der Waals surface area contributed by atoms with Crippen molar-refractivity contribution in [2.75, 3.05) is 14.1 Å². The first-order chi connectivity index (χ1) is 5.46. The Kier molecular flexibility index (Phi) is 2.86. The molecule has 0 atom stereocenters. The van der Waals surface area contributed by atoms with Crippen molar-refractivity contribution in [2.45, 2.75) is 20.5 Å². The molecule has 7 heteroatoms. The number of hydrogen-bond donors (Lipinski definition) is 0. The molecule has 1 heterocycles. The second-order valence-electron chi connectivity index (χ2n) is 3.57. The zero-order chi connectivity index (χ0) is 9.46. The third kappa shape index (κ3) is 1.41. The van der Waals surface area contributed by atoms with Gasteiger partial charge in [0.15, 0.2) is 0 Å². The molecule has 1 saturated heterocycles. The molecule has 0 bridgehead atoms. The van der Waals surface area contributed by atoms with Crippen LogP contribution < -0.4 is 0 Å². The van der Waals surface area contributed by atoms with Crippen LogP contribution in [0.4, 0.5) is 4.48 Å². The molecule has 12 heavy (non-hydrogen) atoms. The van der Waals surface area contributed by atoms with Crippen molar-refractivity contribution in [1.82, 2.24) is 14.4 Å². The van der Waals surface area contributed by atoms with Gasteiger partial charge < -0.3 is 9.44 Å². The summed E-state index contributed by atoms with van der Waals surface area (Å²) in [6.45, 7) is 5.86. The predicted octanol–water partition coefficient (Wildman–Crippen LogP) is 0.404. The Morgan fingerprint density at radius 2 is 1.17 bits per heavy atom. The first-order valence-corrected chi connectivity index (χ1v) is 4.34. The molecule has 0 radical (unpaired) electrons. The number of hydrogen-bond acceptors (Lipinski definition) is 3. The summed E-state index contributed by atoms with van der Waals surface area (Å²) in [6, 6.07) is 0. The summed E-state index contributed by atoms with van der Waals surface area (Å²) in [5, 5.41) is 0. The van der Waals surface area contributed by atoms with E-state index < -0.39 is 0 Å². The SMILES string of the molecule is CB1N(C)B(C)N(F)B(C)N1C. The molecule has 0 unspecified atom stereocenters. The van der Waals surface area contributed by atoms with E-state index in [-0.39, 0.29) is 14.0 Å². The summed E-state index contributed by atoms with van der Waals surface area (Å²) in [5.41, 5.74) is 0. The summed E-state index contributed by atoms with van der Waals surface area (Å²) < 4.78 is 17.4. The molecule has 1 fully saturated rings. The molecule has 0 aromatic rings. The van der Waals surface area contributed by atoms with Crippen LogP contribution in [-0.2, 0) is 0 Å². The zero-order valence-electron chi connectivity index (χ0n) is 8.45. The Morgan fingerprint density at radius 1 is 0.833 bits per heavy atom. The maximum Gasteiger partial charge on any atom is 0.318 e. The standard InChI is InChI=1S/C5H15B3FN3/c1-6-10(4)7(2)12(9)8(3)11(6)5/h1-5H3. The number of rotatable bonds is 0. The first-order valence-electron chi connectivity index (χ1n) is 4.34. The zero-order valence-corrected chi connectivity index (χ0v) is 8.45. The van der Waals surface area contributed by atoms with Gasteiger partial charge in [0.25, 0.3) is 6.98 Å². The summed E-state index contributed by atoms with van der Waals surface area (Å²) in [5.74, 6) is 0. The van der Waals surface area contributed by atoms with Crippen molar-refractivity contribution in [3.8, 4) is 0 Å². The van der Waals surface area contributed by atoms with Gasteiger partial charge in [-0.3, -0.25) is 0 Å². The lowest BCUT2D eigenvalue weighted by Crippen LogP contribution is -2.71. The molecule has 1 rings (SSSR count). The van der Waals surface area contributed by atoms with Crippen LogP contribution in [0.25, 0.3) is 0 Å². The molecule has 1 aliphatic rings. The maximum atomic E-state index is 13.4. The third-order valence-corrected chi connectivity index (χ3v) is 3.07. The second-order valence-corrected chi connectivity index (χ2v) is 3.57. The van der Waals surface area contributed by atoms with Gasteiger partial charge in [-0.15, -0.1) is 0 Å². The smallest absolute Gasteiger partial charge is 0.318 e. The second kappa shape index (κ2) is 3.40. The van der Waals surface area contributed by atoms with Crippen LogP contribution in [0, 0.1) is 0 Å². The van der Waals surface area contributed by atoms with Gasteiger partial charge in [-0.05, 0) is 14.1 Å². The summed E-state index contributed by atoms with van der Waals surface area (Å²) >= 11 is 0. The lowest BCUT2D eigenvalue weighted by molar-refractivity contribution is 0.214. The van der Waals surface area contributed by atoms with E-state index >= 15 is 0 Å². The van der Waals surface area contributed by atoms with Crippen molar-refractivity contribution < 1.29 is 4.48 Å². The monoisotopic (exact) mass is 169 g/mol. The van der Waals surface area contributed by atoms with Crippen molar-refractivity contribution in [3.05, 3.63) is 0 Å². The summed E-state index contributed by atoms with van der Waals surface area (Å²) in [4.78, 5) is 0.875. The highest BCUT2D eigenvalue weighted by Crippen LogP contribution is 2.16. The van der Waals surface area contributed by atoms with E-state index in [1.54, 1.807) is 0 Å². The minimum Gasteiger partial charge on any atom is -0.359 e. The van der Waals surface area contributed by atoms with E-state index in [1.807, 2.05) is 37.2 Å². The van der Waals surface area contributed by atoms with Crippen LogP contribution >= 0.6 is 0 Å². The summed E-state index contributed by atoms with van der Waals surface area (Å²) in [7, 11) is 3.87. The Bertz CT molecular complexity index is 113. The largest absolute Gasteiger partial charge is 0.359 e. The van der Waals surface area contributed by atoms with Crippen molar-refractivity contribution in [2.24, 2.45) is 0 Å². The number of nitrogens with zero attached hydrogens (tertiary/aromatic N) is 3.